The first-order valence-corrected chi connectivity index (χ1v) is 12.1. The van der Waals surface area contributed by atoms with Gasteiger partial charge in [0.05, 0.1) is 7.11 Å². The molecule has 3 aromatic rings. The largest absolute Gasteiger partial charge is 0.464 e. The quantitative estimate of drug-likeness (QED) is 0.256. The molecule has 0 saturated carbocycles. The van der Waals surface area contributed by atoms with Gasteiger partial charge in [-0.3, -0.25) is 0 Å². The van der Waals surface area contributed by atoms with Crippen LogP contribution in [0, 0.1) is 11.8 Å². The van der Waals surface area contributed by atoms with Crippen molar-refractivity contribution in [2.75, 3.05) is 13.7 Å². The minimum Gasteiger partial charge on any atom is -0.464 e. The van der Waals surface area contributed by atoms with Crippen molar-refractivity contribution in [1.29, 1.82) is 0 Å². The fraction of sp³-hybridized carbons (Fsp3) is 0.280. The van der Waals surface area contributed by atoms with Crippen molar-refractivity contribution in [1.82, 2.24) is 4.98 Å². The Morgan fingerprint density at radius 3 is 2.13 bits per heavy atom. The molecule has 160 valence electrons. The Balaban J connectivity index is 1.82. The lowest BCUT2D eigenvalue weighted by molar-refractivity contribution is 0.0594. The summed E-state index contributed by atoms with van der Waals surface area (Å²) in [4.78, 5) is 15.5. The molecule has 1 aromatic heterocycles. The monoisotopic (exact) mass is 433 g/mol. The number of benzene rings is 2. The number of hydrogen-bond acceptors (Lipinski definition) is 5. The molecule has 2 aromatic carbocycles. The maximum atomic E-state index is 11.5. The summed E-state index contributed by atoms with van der Waals surface area (Å²) < 4.78 is 16.6. The van der Waals surface area contributed by atoms with Crippen LogP contribution in [-0.2, 0) is 9.16 Å². The molecular formula is C25H27NO4Si. The van der Waals surface area contributed by atoms with Crippen LogP contribution in [0.2, 0.25) is 5.04 Å². The van der Waals surface area contributed by atoms with Crippen molar-refractivity contribution in [3.8, 4) is 11.8 Å². The topological polar surface area (TPSA) is 61.6 Å². The van der Waals surface area contributed by atoms with Crippen molar-refractivity contribution in [2.45, 2.75) is 32.2 Å². The maximum Gasteiger partial charge on any atom is 0.360 e. The van der Waals surface area contributed by atoms with Crippen molar-refractivity contribution in [2.24, 2.45) is 0 Å². The van der Waals surface area contributed by atoms with E-state index in [1.54, 1.807) is 0 Å². The van der Waals surface area contributed by atoms with E-state index in [0.29, 0.717) is 13.0 Å². The summed E-state index contributed by atoms with van der Waals surface area (Å²) >= 11 is 0. The third-order valence-corrected chi connectivity index (χ3v) is 10.1. The summed E-state index contributed by atoms with van der Waals surface area (Å²) in [6.45, 7) is 7.20. The number of nitrogens with zero attached hydrogens (tertiary/aromatic N) is 1. The number of carbonyl (C=O) groups excluding carboxylic acids is 1. The molecule has 6 heteroatoms. The number of hydrogen-bond donors (Lipinski definition) is 0. The Morgan fingerprint density at radius 1 is 1.03 bits per heavy atom. The van der Waals surface area contributed by atoms with Gasteiger partial charge in [-0.2, -0.15) is 4.98 Å². The summed E-state index contributed by atoms with van der Waals surface area (Å²) in [6, 6.07) is 21.0. The van der Waals surface area contributed by atoms with Gasteiger partial charge < -0.3 is 13.6 Å². The molecule has 5 nitrogen and oxygen atoms in total. The average Bonchev–Trinajstić information content (AvgIpc) is 3.25. The van der Waals surface area contributed by atoms with Crippen LogP contribution in [0.1, 0.15) is 43.6 Å². The van der Waals surface area contributed by atoms with E-state index >= 15 is 0 Å². The minimum atomic E-state index is -2.56. The van der Waals surface area contributed by atoms with Gasteiger partial charge in [0.15, 0.2) is 5.69 Å². The van der Waals surface area contributed by atoms with Crippen LogP contribution in [0.15, 0.2) is 71.3 Å². The van der Waals surface area contributed by atoms with Gasteiger partial charge in [-0.25, -0.2) is 4.79 Å². The second kappa shape index (κ2) is 9.78. The van der Waals surface area contributed by atoms with Crippen LogP contribution in [0.3, 0.4) is 0 Å². The smallest absolute Gasteiger partial charge is 0.360 e. The zero-order valence-corrected chi connectivity index (χ0v) is 19.3. The Bertz CT molecular complexity index is 1020. The molecule has 0 fully saturated rings. The number of esters is 1. The third kappa shape index (κ3) is 4.96. The van der Waals surface area contributed by atoms with Crippen LogP contribution in [-0.4, -0.2) is 33.0 Å². The molecule has 0 aliphatic rings. The Hall–Kier alpha value is -3.14. The molecule has 0 radical (unpaired) electrons. The molecule has 0 saturated heterocycles. The van der Waals surface area contributed by atoms with Gasteiger partial charge in [0.25, 0.3) is 14.2 Å². The van der Waals surface area contributed by atoms with E-state index in [0.717, 1.165) is 0 Å². The molecule has 0 atom stereocenters. The highest BCUT2D eigenvalue weighted by atomic mass is 28.4. The first-order chi connectivity index (χ1) is 14.9. The molecule has 0 N–H and O–H groups in total. The van der Waals surface area contributed by atoms with Gasteiger partial charge in [-0.15, -0.1) is 0 Å². The second-order valence-electron chi connectivity index (χ2n) is 8.09. The molecule has 31 heavy (non-hydrogen) atoms. The van der Waals surface area contributed by atoms with E-state index < -0.39 is 14.3 Å². The van der Waals surface area contributed by atoms with Gasteiger partial charge in [0, 0.05) is 13.0 Å². The summed E-state index contributed by atoms with van der Waals surface area (Å²) in [5.74, 6) is 5.52. The first kappa shape index (κ1) is 22.5. The molecular weight excluding hydrogens is 406 g/mol. The fourth-order valence-corrected chi connectivity index (χ4v) is 8.25. The van der Waals surface area contributed by atoms with Crippen molar-refractivity contribution < 1.29 is 18.4 Å². The number of rotatable bonds is 6. The molecule has 0 aliphatic heterocycles. The average molecular weight is 434 g/mol. The number of carbonyl (C=O) groups is 1. The fourth-order valence-electron chi connectivity index (χ4n) is 3.68. The van der Waals surface area contributed by atoms with Crippen LogP contribution < -0.4 is 10.4 Å². The predicted molar refractivity (Wildman–Crippen MR) is 123 cm³/mol. The van der Waals surface area contributed by atoms with Gasteiger partial charge in [-0.05, 0) is 21.3 Å². The molecule has 0 bridgehead atoms. The highest BCUT2D eigenvalue weighted by Gasteiger charge is 2.49. The van der Waals surface area contributed by atoms with E-state index in [9.17, 15) is 4.79 Å². The second-order valence-corrected chi connectivity index (χ2v) is 12.4. The lowest BCUT2D eigenvalue weighted by Gasteiger charge is -2.43. The third-order valence-electron chi connectivity index (χ3n) is 5.06. The van der Waals surface area contributed by atoms with Gasteiger partial charge in [-0.1, -0.05) is 87.4 Å². The van der Waals surface area contributed by atoms with E-state index in [1.807, 2.05) is 12.1 Å². The molecule has 0 unspecified atom stereocenters. The SMILES string of the molecule is COC(=O)c1coc(C#CCCO[Si](c2ccccc2)(c2ccccc2)C(C)(C)C)n1. The normalized spacial score (nSPS) is 11.5. The van der Waals surface area contributed by atoms with E-state index in [4.69, 9.17) is 8.84 Å². The van der Waals surface area contributed by atoms with Crippen LogP contribution >= 0.6 is 0 Å². The van der Waals surface area contributed by atoms with Crippen LogP contribution in [0.5, 0.6) is 0 Å². The lowest BCUT2D eigenvalue weighted by Crippen LogP contribution is -2.66. The molecule has 1 heterocycles. The van der Waals surface area contributed by atoms with Gasteiger partial charge in [0.1, 0.15) is 6.26 Å². The standard InChI is InChI=1S/C25H27NO4Si/c1-25(2,3)31(20-13-7-5-8-14-20,21-15-9-6-10-16-21)30-18-12-11-17-23-26-22(19-29-23)24(27)28-4/h5-10,13-16,19H,12,18H2,1-4H3. The first-order valence-electron chi connectivity index (χ1n) is 10.2. The Labute approximate surface area is 184 Å². The highest BCUT2D eigenvalue weighted by molar-refractivity contribution is 6.99. The summed E-state index contributed by atoms with van der Waals surface area (Å²) in [6.07, 6.45) is 1.76. The molecule has 3 rings (SSSR count). The van der Waals surface area contributed by atoms with Crippen molar-refractivity contribution in [3.63, 3.8) is 0 Å². The molecule has 0 spiro atoms. The van der Waals surface area contributed by atoms with Gasteiger partial charge >= 0.3 is 5.97 Å². The molecule has 0 amide bonds. The lowest BCUT2D eigenvalue weighted by atomic mass is 10.2. The number of ether oxygens (including phenoxy) is 1. The highest BCUT2D eigenvalue weighted by Crippen LogP contribution is 2.36. The van der Waals surface area contributed by atoms with Gasteiger partial charge in [0.2, 0.25) is 0 Å². The number of methoxy groups -OCH3 is 1. The Morgan fingerprint density at radius 2 is 1.61 bits per heavy atom. The zero-order valence-electron chi connectivity index (χ0n) is 18.3. The van der Waals surface area contributed by atoms with E-state index in [-0.39, 0.29) is 16.6 Å². The summed E-state index contributed by atoms with van der Waals surface area (Å²) in [5, 5.41) is 2.38. The van der Waals surface area contributed by atoms with Crippen molar-refractivity contribution >= 4 is 24.7 Å². The number of aromatic nitrogens is 1. The van der Waals surface area contributed by atoms with E-state index in [2.05, 4.69) is 90.9 Å². The zero-order chi connectivity index (χ0) is 22.3. The minimum absolute atomic E-state index is 0.0822. The summed E-state index contributed by atoms with van der Waals surface area (Å²) in [5.41, 5.74) is 0.107. The summed E-state index contributed by atoms with van der Waals surface area (Å²) in [7, 11) is -1.27. The number of oxazole rings is 1. The van der Waals surface area contributed by atoms with Crippen LogP contribution in [0.25, 0.3) is 0 Å². The maximum absolute atomic E-state index is 11.5. The van der Waals surface area contributed by atoms with Crippen LogP contribution in [0.4, 0.5) is 0 Å². The molecule has 0 aliphatic carbocycles. The van der Waals surface area contributed by atoms with E-state index in [1.165, 1.54) is 23.7 Å². The predicted octanol–water partition coefficient (Wildman–Crippen LogP) is 3.78. The van der Waals surface area contributed by atoms with Crippen molar-refractivity contribution in [3.05, 3.63) is 78.5 Å². The Kier molecular flexibility index (Phi) is 7.11.